The lowest BCUT2D eigenvalue weighted by atomic mass is 10.1. The number of hydrogen-bond acceptors (Lipinski definition) is 5. The van der Waals surface area contributed by atoms with E-state index < -0.39 is 0 Å². The number of carbonyl (C=O) groups is 2. The minimum Gasteiger partial charge on any atom is -0.465 e. The Morgan fingerprint density at radius 1 is 1.24 bits per heavy atom. The number of amides is 1. The van der Waals surface area contributed by atoms with Crippen molar-refractivity contribution >= 4 is 35.1 Å². The highest BCUT2D eigenvalue weighted by Gasteiger charge is 2.23. The molecule has 1 aromatic carbocycles. The number of nitrogens with one attached hydrogen (secondary N) is 2. The van der Waals surface area contributed by atoms with E-state index in [4.69, 9.17) is 17.0 Å². The van der Waals surface area contributed by atoms with Gasteiger partial charge in [-0.15, -0.1) is 0 Å². The third kappa shape index (κ3) is 5.60. The maximum Gasteiger partial charge on any atom is 0.409 e. The van der Waals surface area contributed by atoms with Crippen LogP contribution in [0.15, 0.2) is 24.3 Å². The van der Waals surface area contributed by atoms with Crippen molar-refractivity contribution in [3.05, 3.63) is 29.8 Å². The number of likely N-dealkylation sites (tertiary alicyclic amines) is 1. The number of esters is 1. The van der Waals surface area contributed by atoms with Crippen molar-refractivity contribution in [3.63, 3.8) is 0 Å². The predicted molar refractivity (Wildman–Crippen MR) is 98.8 cm³/mol. The van der Waals surface area contributed by atoms with Crippen LogP contribution in [0.2, 0.25) is 0 Å². The molecule has 1 saturated heterocycles. The molecule has 2 N–H and O–H groups in total. The first kappa shape index (κ1) is 19.0. The van der Waals surface area contributed by atoms with Gasteiger partial charge < -0.3 is 25.0 Å². The fraction of sp³-hybridized carbons (Fsp3) is 0.471. The minimum atomic E-state index is -0.374. The average molecular weight is 365 g/mol. The standard InChI is InChI=1S/C17H23N3O4S/c1-3-24-17(22)20-10-8-14(9-11-20)19-16(25)18-13-6-4-12(5-7-13)15(21)23-2/h4-7,14H,3,8-11H2,1-2H3,(H2,18,19,25). The van der Waals surface area contributed by atoms with Crippen LogP contribution in [0.5, 0.6) is 0 Å². The maximum absolute atomic E-state index is 11.7. The first-order chi connectivity index (χ1) is 12.0. The molecule has 1 aliphatic rings. The van der Waals surface area contributed by atoms with Crippen LogP contribution in [-0.2, 0) is 9.47 Å². The van der Waals surface area contributed by atoms with Crippen LogP contribution in [0.1, 0.15) is 30.1 Å². The maximum atomic E-state index is 11.7. The van der Waals surface area contributed by atoms with Crippen molar-refractivity contribution in [1.82, 2.24) is 10.2 Å². The molecular formula is C17H23N3O4S. The van der Waals surface area contributed by atoms with E-state index in [2.05, 4.69) is 15.4 Å². The summed E-state index contributed by atoms with van der Waals surface area (Å²) in [4.78, 5) is 24.8. The van der Waals surface area contributed by atoms with Crippen molar-refractivity contribution in [1.29, 1.82) is 0 Å². The summed E-state index contributed by atoms with van der Waals surface area (Å²) in [5, 5.41) is 6.86. The molecule has 0 aromatic heterocycles. The lowest BCUT2D eigenvalue weighted by Gasteiger charge is -2.32. The topological polar surface area (TPSA) is 79.9 Å². The van der Waals surface area contributed by atoms with E-state index in [-0.39, 0.29) is 18.1 Å². The summed E-state index contributed by atoms with van der Waals surface area (Å²) in [6, 6.07) is 7.09. The van der Waals surface area contributed by atoms with Crippen LogP contribution < -0.4 is 10.6 Å². The zero-order valence-electron chi connectivity index (χ0n) is 14.4. The number of piperidine rings is 1. The highest BCUT2D eigenvalue weighted by molar-refractivity contribution is 7.80. The van der Waals surface area contributed by atoms with Crippen LogP contribution in [0, 0.1) is 0 Å². The van der Waals surface area contributed by atoms with Crippen molar-refractivity contribution in [2.24, 2.45) is 0 Å². The molecule has 1 heterocycles. The average Bonchev–Trinajstić information content (AvgIpc) is 2.62. The largest absolute Gasteiger partial charge is 0.465 e. The summed E-state index contributed by atoms with van der Waals surface area (Å²) >= 11 is 5.33. The number of benzene rings is 1. The van der Waals surface area contributed by atoms with E-state index in [0.717, 1.165) is 18.5 Å². The van der Waals surface area contributed by atoms with Crippen LogP contribution in [0.4, 0.5) is 10.5 Å². The van der Waals surface area contributed by atoms with Gasteiger partial charge in [0.15, 0.2) is 5.11 Å². The van der Waals surface area contributed by atoms with Crippen molar-refractivity contribution in [3.8, 4) is 0 Å². The first-order valence-electron chi connectivity index (χ1n) is 8.21. The zero-order chi connectivity index (χ0) is 18.2. The summed E-state index contributed by atoms with van der Waals surface area (Å²) in [5.74, 6) is -0.374. The Morgan fingerprint density at radius 2 is 1.88 bits per heavy atom. The highest BCUT2D eigenvalue weighted by Crippen LogP contribution is 2.13. The van der Waals surface area contributed by atoms with Gasteiger partial charge in [0.1, 0.15) is 0 Å². The Hall–Kier alpha value is -2.35. The quantitative estimate of drug-likeness (QED) is 0.626. The predicted octanol–water partition coefficient (Wildman–Crippen LogP) is 2.38. The fourth-order valence-electron chi connectivity index (χ4n) is 2.58. The highest BCUT2D eigenvalue weighted by atomic mass is 32.1. The van der Waals surface area contributed by atoms with E-state index in [9.17, 15) is 9.59 Å². The molecule has 136 valence electrons. The van der Waals surface area contributed by atoms with Gasteiger partial charge in [-0.2, -0.15) is 0 Å². The Bertz CT molecular complexity index is 613. The summed E-state index contributed by atoms with van der Waals surface area (Å²) in [7, 11) is 1.35. The number of rotatable bonds is 4. The monoisotopic (exact) mass is 365 g/mol. The Kier molecular flexibility index (Phi) is 7.00. The second kappa shape index (κ2) is 9.22. The third-order valence-corrected chi connectivity index (χ3v) is 4.14. The van der Waals surface area contributed by atoms with Crippen LogP contribution in [0.3, 0.4) is 0 Å². The van der Waals surface area contributed by atoms with E-state index in [1.807, 2.05) is 0 Å². The second-order valence-electron chi connectivity index (χ2n) is 5.63. The van der Waals surface area contributed by atoms with Gasteiger partial charge in [0.2, 0.25) is 0 Å². The molecule has 1 aromatic rings. The molecule has 2 rings (SSSR count). The van der Waals surface area contributed by atoms with Gasteiger partial charge >= 0.3 is 12.1 Å². The molecule has 0 bridgehead atoms. The lowest BCUT2D eigenvalue weighted by molar-refractivity contribution is 0.0600. The molecule has 0 atom stereocenters. The second-order valence-corrected chi connectivity index (χ2v) is 6.04. The molecule has 0 saturated carbocycles. The smallest absolute Gasteiger partial charge is 0.409 e. The summed E-state index contributed by atoms with van der Waals surface area (Å²) in [6.07, 6.45) is 1.36. The number of thiocarbonyl (C=S) groups is 1. The van der Waals surface area contributed by atoms with Crippen LogP contribution in [-0.4, -0.2) is 54.9 Å². The zero-order valence-corrected chi connectivity index (χ0v) is 15.2. The van der Waals surface area contributed by atoms with Gasteiger partial charge in [0.05, 0.1) is 19.3 Å². The van der Waals surface area contributed by atoms with Gasteiger partial charge in [0.25, 0.3) is 0 Å². The minimum absolute atomic E-state index is 0.208. The molecule has 8 heteroatoms. The molecule has 0 spiro atoms. The third-order valence-electron chi connectivity index (χ3n) is 3.92. The lowest BCUT2D eigenvalue weighted by Crippen LogP contribution is -2.47. The molecule has 1 amide bonds. The summed E-state index contributed by atoms with van der Waals surface area (Å²) in [6.45, 7) is 3.48. The number of carbonyl (C=O) groups excluding carboxylic acids is 2. The molecule has 25 heavy (non-hydrogen) atoms. The normalized spacial score (nSPS) is 14.6. The van der Waals surface area contributed by atoms with Crippen molar-refractivity contribution in [2.75, 3.05) is 32.1 Å². The molecule has 0 radical (unpaired) electrons. The molecule has 1 aliphatic heterocycles. The number of hydrogen-bond donors (Lipinski definition) is 2. The SMILES string of the molecule is CCOC(=O)N1CCC(NC(=S)Nc2ccc(C(=O)OC)cc2)CC1. The number of anilines is 1. The number of methoxy groups -OCH3 is 1. The van der Waals surface area contributed by atoms with Gasteiger partial charge in [-0.25, -0.2) is 9.59 Å². The van der Waals surface area contributed by atoms with Gasteiger partial charge in [-0.1, -0.05) is 0 Å². The molecule has 1 fully saturated rings. The summed E-state index contributed by atoms with van der Waals surface area (Å²) in [5.41, 5.74) is 1.27. The van der Waals surface area contributed by atoms with Gasteiger partial charge in [0, 0.05) is 24.8 Å². The molecule has 0 aliphatic carbocycles. The summed E-state index contributed by atoms with van der Waals surface area (Å²) < 4.78 is 9.67. The number of nitrogens with zero attached hydrogens (tertiary/aromatic N) is 1. The van der Waals surface area contributed by atoms with Crippen molar-refractivity contribution in [2.45, 2.75) is 25.8 Å². The van der Waals surface area contributed by atoms with E-state index >= 15 is 0 Å². The first-order valence-corrected chi connectivity index (χ1v) is 8.62. The van der Waals surface area contributed by atoms with E-state index in [1.165, 1.54) is 7.11 Å². The van der Waals surface area contributed by atoms with Crippen molar-refractivity contribution < 1.29 is 19.1 Å². The molecule has 7 nitrogen and oxygen atoms in total. The van der Waals surface area contributed by atoms with Gasteiger partial charge in [-0.3, -0.25) is 0 Å². The fourth-order valence-corrected chi connectivity index (χ4v) is 2.87. The van der Waals surface area contributed by atoms with E-state index in [1.54, 1.807) is 36.1 Å². The Morgan fingerprint density at radius 3 is 2.44 bits per heavy atom. The Balaban J connectivity index is 1.77. The van der Waals surface area contributed by atoms with Gasteiger partial charge in [-0.05, 0) is 56.2 Å². The van der Waals surface area contributed by atoms with Crippen LogP contribution >= 0.6 is 12.2 Å². The Labute approximate surface area is 152 Å². The van der Waals surface area contributed by atoms with E-state index in [0.29, 0.717) is 30.4 Å². The molecular weight excluding hydrogens is 342 g/mol. The van der Waals surface area contributed by atoms with Crippen LogP contribution in [0.25, 0.3) is 0 Å². The number of ether oxygens (including phenoxy) is 2. The molecule has 0 unspecified atom stereocenters.